The van der Waals surface area contributed by atoms with Crippen LogP contribution >= 0.6 is 23.8 Å². The normalized spacial score (nSPS) is 10.4. The topological polar surface area (TPSA) is 50.4 Å². The third kappa shape index (κ3) is 3.73. The van der Waals surface area contributed by atoms with E-state index in [1.54, 1.807) is 25.1 Å². The summed E-state index contributed by atoms with van der Waals surface area (Å²) in [6.07, 6.45) is 0. The van der Waals surface area contributed by atoms with Gasteiger partial charge in [0.25, 0.3) is 5.91 Å². The van der Waals surface area contributed by atoms with Crippen LogP contribution in [-0.2, 0) is 0 Å². The Kier molecular flexibility index (Phi) is 6.04. The minimum Gasteiger partial charge on any atom is -0.491 e. The minimum absolute atomic E-state index is 0.351. The smallest absolute Gasteiger partial charge is 0.263 e. The Morgan fingerprint density at radius 3 is 2.23 bits per heavy atom. The number of hydrogen-bond donors (Lipinski definition) is 2. The quantitative estimate of drug-likeness (QED) is 0.452. The molecular weight excluding hydrogens is 396 g/mol. The highest BCUT2D eigenvalue weighted by Crippen LogP contribution is 2.29. The van der Waals surface area contributed by atoms with Crippen LogP contribution in [0.5, 0.6) is 5.75 Å². The number of carbonyl (C=O) groups is 1. The van der Waals surface area contributed by atoms with E-state index in [1.807, 2.05) is 5.32 Å². The first-order valence-electron chi connectivity index (χ1n) is 6.96. The lowest BCUT2D eigenvalue weighted by atomic mass is 10.1. The van der Waals surface area contributed by atoms with Gasteiger partial charge < -0.3 is 10.1 Å². The number of nitrogens with one attached hydrogen (secondary N) is 2. The second kappa shape index (κ2) is 7.88. The lowest BCUT2D eigenvalue weighted by Crippen LogP contribution is -2.35. The number of benzene rings is 2. The van der Waals surface area contributed by atoms with Crippen molar-refractivity contribution in [2.24, 2.45) is 0 Å². The molecule has 0 saturated heterocycles. The third-order valence-corrected chi connectivity index (χ3v) is 4.01. The molecule has 138 valence electrons. The molecule has 0 aliphatic carbocycles. The van der Waals surface area contributed by atoms with E-state index in [1.165, 1.54) is 0 Å². The first kappa shape index (κ1) is 19.9. The van der Waals surface area contributed by atoms with Crippen molar-refractivity contribution in [2.45, 2.75) is 6.92 Å². The SMILES string of the molecule is COc1c(F)c(F)c(C(=O)NC(=S)Nc2cccc(Cl)c2C)c(F)c1F. The van der Waals surface area contributed by atoms with Crippen molar-refractivity contribution < 1.29 is 27.1 Å². The predicted molar refractivity (Wildman–Crippen MR) is 92.7 cm³/mol. The van der Waals surface area contributed by atoms with Crippen molar-refractivity contribution in [1.29, 1.82) is 0 Å². The van der Waals surface area contributed by atoms with Crippen LogP contribution in [0.3, 0.4) is 0 Å². The van der Waals surface area contributed by atoms with E-state index in [0.717, 1.165) is 7.11 Å². The zero-order valence-electron chi connectivity index (χ0n) is 13.3. The van der Waals surface area contributed by atoms with Crippen molar-refractivity contribution in [3.8, 4) is 5.75 Å². The second-order valence-corrected chi connectivity index (χ2v) is 5.80. The Morgan fingerprint density at radius 1 is 1.12 bits per heavy atom. The maximum atomic E-state index is 13.9. The molecule has 4 nitrogen and oxygen atoms in total. The molecule has 1 amide bonds. The third-order valence-electron chi connectivity index (χ3n) is 3.40. The zero-order valence-corrected chi connectivity index (χ0v) is 14.9. The standard InChI is InChI=1S/C16H11ClF4N2O2S/c1-6-7(17)4-3-5-8(6)22-16(26)23-15(24)9-10(18)12(20)14(25-2)13(21)11(9)19/h3-5H,1-2H3,(H2,22,23,24,26). The van der Waals surface area contributed by atoms with E-state index in [-0.39, 0.29) is 5.11 Å². The highest BCUT2D eigenvalue weighted by atomic mass is 35.5. The second-order valence-electron chi connectivity index (χ2n) is 4.98. The van der Waals surface area contributed by atoms with Gasteiger partial charge in [-0.25, -0.2) is 8.78 Å². The van der Waals surface area contributed by atoms with E-state index >= 15 is 0 Å². The van der Waals surface area contributed by atoms with Crippen molar-refractivity contribution in [2.75, 3.05) is 12.4 Å². The van der Waals surface area contributed by atoms with Crippen LogP contribution in [-0.4, -0.2) is 18.1 Å². The first-order valence-corrected chi connectivity index (χ1v) is 7.75. The summed E-state index contributed by atoms with van der Waals surface area (Å²) in [5.74, 6) is -10.2. The molecule has 10 heteroatoms. The molecule has 0 spiro atoms. The fourth-order valence-electron chi connectivity index (χ4n) is 2.05. The molecule has 0 heterocycles. The summed E-state index contributed by atoms with van der Waals surface area (Å²) in [6, 6.07) is 4.82. The first-order chi connectivity index (χ1) is 12.2. The van der Waals surface area contributed by atoms with Gasteiger partial charge in [-0.05, 0) is 36.8 Å². The number of halogens is 5. The van der Waals surface area contributed by atoms with Crippen LogP contribution in [0.15, 0.2) is 18.2 Å². The van der Waals surface area contributed by atoms with Crippen LogP contribution in [0.4, 0.5) is 23.2 Å². The van der Waals surface area contributed by atoms with Crippen LogP contribution in [0.2, 0.25) is 5.02 Å². The monoisotopic (exact) mass is 406 g/mol. The molecule has 2 N–H and O–H groups in total. The number of anilines is 1. The number of hydrogen-bond acceptors (Lipinski definition) is 3. The Morgan fingerprint density at radius 2 is 1.69 bits per heavy atom. The van der Waals surface area contributed by atoms with Gasteiger partial charge in [-0.2, -0.15) is 8.78 Å². The van der Waals surface area contributed by atoms with Crippen LogP contribution in [0.25, 0.3) is 0 Å². The summed E-state index contributed by atoms with van der Waals surface area (Å²) in [4.78, 5) is 12.0. The average molecular weight is 407 g/mol. The molecule has 2 aromatic rings. The molecule has 0 aliphatic heterocycles. The molecule has 26 heavy (non-hydrogen) atoms. The van der Waals surface area contributed by atoms with Gasteiger partial charge in [0, 0.05) is 10.7 Å². The molecule has 2 rings (SSSR count). The van der Waals surface area contributed by atoms with Crippen molar-refractivity contribution in [3.63, 3.8) is 0 Å². The lowest BCUT2D eigenvalue weighted by molar-refractivity contribution is 0.0966. The van der Waals surface area contributed by atoms with Gasteiger partial charge in [0.05, 0.1) is 7.11 Å². The minimum atomic E-state index is -1.90. The van der Waals surface area contributed by atoms with Crippen LogP contribution < -0.4 is 15.4 Å². The summed E-state index contributed by atoms with van der Waals surface area (Å²) in [5.41, 5.74) is -0.437. The maximum Gasteiger partial charge on any atom is 0.263 e. The van der Waals surface area contributed by atoms with E-state index in [9.17, 15) is 22.4 Å². The Balaban J connectivity index is 2.28. The molecule has 0 aromatic heterocycles. The highest BCUT2D eigenvalue weighted by molar-refractivity contribution is 7.80. The Hall–Kier alpha value is -2.39. The molecule has 0 saturated carbocycles. The fraction of sp³-hybridized carbons (Fsp3) is 0.125. The van der Waals surface area contributed by atoms with E-state index < -0.39 is 40.5 Å². The zero-order chi connectivity index (χ0) is 19.6. The number of rotatable bonds is 3. The van der Waals surface area contributed by atoms with Gasteiger partial charge in [-0.3, -0.25) is 10.1 Å². The number of amides is 1. The van der Waals surface area contributed by atoms with Crippen molar-refractivity contribution in [3.05, 3.63) is 57.6 Å². The van der Waals surface area contributed by atoms with Gasteiger partial charge in [-0.15, -0.1) is 0 Å². The number of thiocarbonyl (C=S) groups is 1. The summed E-state index contributed by atoms with van der Waals surface area (Å²) in [6.45, 7) is 1.67. The molecular formula is C16H11ClF4N2O2S. The largest absolute Gasteiger partial charge is 0.491 e. The van der Waals surface area contributed by atoms with Crippen LogP contribution in [0.1, 0.15) is 15.9 Å². The van der Waals surface area contributed by atoms with Gasteiger partial charge in [-0.1, -0.05) is 17.7 Å². The van der Waals surface area contributed by atoms with E-state index in [0.29, 0.717) is 16.3 Å². The van der Waals surface area contributed by atoms with Gasteiger partial charge in [0.2, 0.25) is 11.6 Å². The maximum absolute atomic E-state index is 13.9. The summed E-state index contributed by atoms with van der Waals surface area (Å²) in [7, 11) is 0.826. The summed E-state index contributed by atoms with van der Waals surface area (Å²) in [5, 5.41) is 4.62. The number of methoxy groups -OCH3 is 1. The number of carbonyl (C=O) groups excluding carboxylic acids is 1. The summed E-state index contributed by atoms with van der Waals surface area (Å²) >= 11 is 10.8. The average Bonchev–Trinajstić information content (AvgIpc) is 2.58. The van der Waals surface area contributed by atoms with E-state index in [4.69, 9.17) is 23.8 Å². The molecule has 0 radical (unpaired) electrons. The molecule has 0 fully saturated rings. The summed E-state index contributed by atoms with van der Waals surface area (Å²) < 4.78 is 59.5. The Bertz CT molecular complexity index is 879. The molecule has 0 atom stereocenters. The Labute approximate surface area is 156 Å². The molecule has 0 bridgehead atoms. The molecule has 0 aliphatic rings. The molecule has 0 unspecified atom stereocenters. The van der Waals surface area contributed by atoms with Crippen molar-refractivity contribution in [1.82, 2.24) is 5.32 Å². The van der Waals surface area contributed by atoms with Crippen molar-refractivity contribution >= 4 is 40.5 Å². The van der Waals surface area contributed by atoms with Gasteiger partial charge in [0.1, 0.15) is 5.56 Å². The molecule has 2 aromatic carbocycles. The van der Waals surface area contributed by atoms with Gasteiger partial charge >= 0.3 is 0 Å². The lowest BCUT2D eigenvalue weighted by Gasteiger charge is -2.14. The number of ether oxygens (including phenoxy) is 1. The highest BCUT2D eigenvalue weighted by Gasteiger charge is 2.30. The fourth-order valence-corrected chi connectivity index (χ4v) is 2.43. The van der Waals surface area contributed by atoms with Gasteiger partial charge in [0.15, 0.2) is 22.5 Å². The van der Waals surface area contributed by atoms with E-state index in [2.05, 4.69) is 10.1 Å². The van der Waals surface area contributed by atoms with Crippen LogP contribution in [0, 0.1) is 30.2 Å². The predicted octanol–water partition coefficient (Wildman–Crippen LogP) is 4.34.